The summed E-state index contributed by atoms with van der Waals surface area (Å²) >= 11 is 0. The van der Waals surface area contributed by atoms with E-state index in [1.54, 1.807) is 0 Å². The van der Waals surface area contributed by atoms with Crippen LogP contribution in [0.25, 0.3) is 0 Å². The van der Waals surface area contributed by atoms with Gasteiger partial charge in [-0.05, 0) is 47.5 Å². The molecule has 0 aromatic rings. The third-order valence-electron chi connectivity index (χ3n) is 6.11. The van der Waals surface area contributed by atoms with Crippen LogP contribution in [0.2, 0.25) is 0 Å². The van der Waals surface area contributed by atoms with Crippen LogP contribution in [0, 0.1) is 0 Å². The molecule has 0 amide bonds. The van der Waals surface area contributed by atoms with Crippen molar-refractivity contribution >= 4 is 7.32 Å². The Morgan fingerprint density at radius 2 is 1.15 bits per heavy atom. The minimum atomic E-state index is -0.534. The average Bonchev–Trinajstić information content (AvgIpc) is 2.68. The SMILES string of the molecule is CCCCCC(OB(OCC)OCC)C(CCCCC)[N+](CC)(CC)CC. The molecular formula is C22H49BNO3+. The standard InChI is InChI=1S/C22H49BNO3/c1-8-15-17-19-21(24(10-3,11-4)12-5)22(20-18-16-9-2)27-23(25-13-6)26-14-7/h21-22H,8-20H2,1-7H3/q+1. The molecule has 0 rings (SSSR count). The van der Waals surface area contributed by atoms with E-state index in [0.717, 1.165) is 30.5 Å². The molecule has 0 N–H and O–H groups in total. The summed E-state index contributed by atoms with van der Waals surface area (Å²) in [5, 5.41) is 0. The number of quaternary nitrogens is 1. The maximum Gasteiger partial charge on any atom is 0.639 e. The summed E-state index contributed by atoms with van der Waals surface area (Å²) in [7, 11) is -0.534. The Labute approximate surface area is 171 Å². The fourth-order valence-electron chi connectivity index (χ4n) is 4.28. The van der Waals surface area contributed by atoms with Crippen molar-refractivity contribution in [3.63, 3.8) is 0 Å². The lowest BCUT2D eigenvalue weighted by atomic mass is 9.93. The number of hydrogen-bond donors (Lipinski definition) is 0. The van der Waals surface area contributed by atoms with Crippen LogP contribution in [0.5, 0.6) is 0 Å². The Morgan fingerprint density at radius 1 is 0.667 bits per heavy atom. The maximum absolute atomic E-state index is 6.52. The Kier molecular flexibility index (Phi) is 16.8. The number of nitrogens with zero attached hydrogens (tertiary/aromatic N) is 1. The molecule has 0 aliphatic heterocycles. The van der Waals surface area contributed by atoms with Crippen LogP contribution >= 0.6 is 0 Å². The first-order valence-corrected chi connectivity index (χ1v) is 11.8. The summed E-state index contributed by atoms with van der Waals surface area (Å²) in [6.45, 7) is 20.3. The van der Waals surface area contributed by atoms with E-state index < -0.39 is 7.32 Å². The Hall–Kier alpha value is -0.0951. The number of hydrogen-bond acceptors (Lipinski definition) is 3. The van der Waals surface area contributed by atoms with E-state index >= 15 is 0 Å². The van der Waals surface area contributed by atoms with Gasteiger partial charge in [-0.1, -0.05) is 46.0 Å². The van der Waals surface area contributed by atoms with Crippen molar-refractivity contribution in [1.29, 1.82) is 0 Å². The molecule has 0 fully saturated rings. The topological polar surface area (TPSA) is 27.7 Å². The maximum atomic E-state index is 6.52. The highest BCUT2D eigenvalue weighted by atomic mass is 16.7. The van der Waals surface area contributed by atoms with Gasteiger partial charge in [0.1, 0.15) is 6.04 Å². The molecule has 2 unspecified atom stereocenters. The first-order chi connectivity index (χ1) is 13.1. The van der Waals surface area contributed by atoms with Crippen LogP contribution in [-0.4, -0.2) is 56.8 Å². The van der Waals surface area contributed by atoms with Crippen LogP contribution in [0.4, 0.5) is 0 Å². The lowest BCUT2D eigenvalue weighted by Gasteiger charge is -2.47. The molecule has 162 valence electrons. The van der Waals surface area contributed by atoms with Crippen LogP contribution in [0.1, 0.15) is 99.8 Å². The van der Waals surface area contributed by atoms with Gasteiger partial charge in [-0.25, -0.2) is 0 Å². The molecule has 0 saturated carbocycles. The van der Waals surface area contributed by atoms with E-state index in [9.17, 15) is 0 Å². The normalized spacial score (nSPS) is 14.3. The Bertz CT molecular complexity index is 312. The molecule has 0 bridgehead atoms. The second-order valence-electron chi connectivity index (χ2n) is 7.60. The zero-order chi connectivity index (χ0) is 20.5. The van der Waals surface area contributed by atoms with Crippen LogP contribution < -0.4 is 0 Å². The van der Waals surface area contributed by atoms with Gasteiger partial charge in [0.2, 0.25) is 0 Å². The van der Waals surface area contributed by atoms with Crippen LogP contribution in [-0.2, 0) is 14.0 Å². The second kappa shape index (κ2) is 16.8. The Morgan fingerprint density at radius 3 is 1.56 bits per heavy atom. The van der Waals surface area contributed by atoms with Gasteiger partial charge >= 0.3 is 7.32 Å². The summed E-state index contributed by atoms with van der Waals surface area (Å²) in [4.78, 5) is 0. The van der Waals surface area contributed by atoms with Gasteiger partial charge in [0.25, 0.3) is 0 Å². The summed E-state index contributed by atoms with van der Waals surface area (Å²) in [6, 6.07) is 0.511. The van der Waals surface area contributed by atoms with Crippen molar-refractivity contribution in [2.75, 3.05) is 32.8 Å². The van der Waals surface area contributed by atoms with E-state index in [4.69, 9.17) is 14.0 Å². The second-order valence-corrected chi connectivity index (χ2v) is 7.60. The lowest BCUT2D eigenvalue weighted by Crippen LogP contribution is -2.61. The molecule has 0 heterocycles. The highest BCUT2D eigenvalue weighted by Gasteiger charge is 2.41. The van der Waals surface area contributed by atoms with Gasteiger partial charge in [0, 0.05) is 19.6 Å². The van der Waals surface area contributed by atoms with E-state index in [-0.39, 0.29) is 6.10 Å². The molecule has 2 atom stereocenters. The summed E-state index contributed by atoms with van der Waals surface area (Å²) < 4.78 is 19.2. The van der Waals surface area contributed by atoms with Gasteiger partial charge in [0.15, 0.2) is 0 Å². The number of unbranched alkanes of at least 4 members (excludes halogenated alkanes) is 4. The van der Waals surface area contributed by atoms with Gasteiger partial charge in [-0.15, -0.1) is 0 Å². The number of likely N-dealkylation sites (N-methyl/N-ethyl adjacent to an activating group) is 1. The van der Waals surface area contributed by atoms with Crippen molar-refractivity contribution in [1.82, 2.24) is 0 Å². The van der Waals surface area contributed by atoms with Crippen LogP contribution in [0.3, 0.4) is 0 Å². The molecule has 0 spiro atoms. The van der Waals surface area contributed by atoms with Gasteiger partial charge in [0.05, 0.1) is 25.7 Å². The van der Waals surface area contributed by atoms with Crippen molar-refractivity contribution in [3.8, 4) is 0 Å². The van der Waals surface area contributed by atoms with Gasteiger partial charge < -0.3 is 18.4 Å². The lowest BCUT2D eigenvalue weighted by molar-refractivity contribution is -0.950. The minimum Gasteiger partial charge on any atom is -0.386 e. The minimum absolute atomic E-state index is 0.191. The van der Waals surface area contributed by atoms with E-state index in [1.165, 1.54) is 44.9 Å². The molecule has 5 heteroatoms. The third-order valence-corrected chi connectivity index (χ3v) is 6.11. The average molecular weight is 386 g/mol. The first-order valence-electron chi connectivity index (χ1n) is 11.8. The first kappa shape index (κ1) is 26.9. The Balaban J connectivity index is 5.54. The largest absolute Gasteiger partial charge is 0.639 e. The van der Waals surface area contributed by atoms with Crippen molar-refractivity contribution in [3.05, 3.63) is 0 Å². The highest BCUT2D eigenvalue weighted by molar-refractivity contribution is 6.36. The molecule has 4 nitrogen and oxygen atoms in total. The monoisotopic (exact) mass is 386 g/mol. The summed E-state index contributed by atoms with van der Waals surface area (Å²) in [6.07, 6.45) is 10.1. The highest BCUT2D eigenvalue weighted by Crippen LogP contribution is 2.28. The van der Waals surface area contributed by atoms with Crippen LogP contribution in [0.15, 0.2) is 0 Å². The fraction of sp³-hybridized carbons (Fsp3) is 1.00. The predicted molar refractivity (Wildman–Crippen MR) is 118 cm³/mol. The molecule has 0 aromatic heterocycles. The smallest absolute Gasteiger partial charge is 0.386 e. The van der Waals surface area contributed by atoms with E-state index in [2.05, 4.69) is 34.6 Å². The summed E-state index contributed by atoms with van der Waals surface area (Å²) in [5.74, 6) is 0. The zero-order valence-electron chi connectivity index (χ0n) is 19.6. The molecule has 0 aromatic carbocycles. The molecule has 0 radical (unpaired) electrons. The van der Waals surface area contributed by atoms with Gasteiger partial charge in [-0.2, -0.15) is 0 Å². The van der Waals surface area contributed by atoms with E-state index in [0.29, 0.717) is 19.3 Å². The molecule has 0 aliphatic rings. The van der Waals surface area contributed by atoms with E-state index in [1.807, 2.05) is 13.8 Å². The molecule has 27 heavy (non-hydrogen) atoms. The predicted octanol–water partition coefficient (Wildman–Crippen LogP) is 5.84. The molecule has 0 aliphatic carbocycles. The van der Waals surface area contributed by atoms with Crippen molar-refractivity contribution in [2.24, 2.45) is 0 Å². The zero-order valence-corrected chi connectivity index (χ0v) is 19.6. The number of rotatable bonds is 19. The van der Waals surface area contributed by atoms with Crippen molar-refractivity contribution in [2.45, 2.75) is 112 Å². The van der Waals surface area contributed by atoms with Gasteiger partial charge in [-0.3, -0.25) is 0 Å². The summed E-state index contributed by atoms with van der Waals surface area (Å²) in [5.41, 5.74) is 0. The van der Waals surface area contributed by atoms with Crippen molar-refractivity contribution < 1.29 is 18.4 Å². The molecular weight excluding hydrogens is 337 g/mol. The quantitative estimate of drug-likeness (QED) is 0.159. The third kappa shape index (κ3) is 9.78. The molecule has 0 saturated heterocycles. The fourth-order valence-corrected chi connectivity index (χ4v) is 4.28.